The molecule has 0 aromatic carbocycles. The van der Waals surface area contributed by atoms with Gasteiger partial charge < -0.3 is 0 Å². The van der Waals surface area contributed by atoms with Gasteiger partial charge in [0.2, 0.25) is 0 Å². The van der Waals surface area contributed by atoms with Crippen molar-refractivity contribution in [1.82, 2.24) is 0 Å². The Morgan fingerprint density at radius 2 is 2.00 bits per heavy atom. The molecule has 0 N–H and O–H groups in total. The van der Waals surface area contributed by atoms with Gasteiger partial charge in [0, 0.05) is 0 Å². The van der Waals surface area contributed by atoms with Crippen LogP contribution in [-0.4, -0.2) is 0 Å². The maximum absolute atomic E-state index is 2.40. The predicted octanol–water partition coefficient (Wildman–Crippen LogP) is 2.85. The number of hydrogen-bond donors (Lipinski definition) is 0. The van der Waals surface area contributed by atoms with Crippen LogP contribution in [0.15, 0.2) is 12.2 Å². The summed E-state index contributed by atoms with van der Waals surface area (Å²) in [6.45, 7) is 2.37. The summed E-state index contributed by atoms with van der Waals surface area (Å²) in [6, 6.07) is 0. The van der Waals surface area contributed by atoms with Crippen molar-refractivity contribution in [2.24, 2.45) is 17.8 Å². The summed E-state index contributed by atoms with van der Waals surface area (Å²) >= 11 is 0. The van der Waals surface area contributed by atoms with E-state index in [1.54, 1.807) is 0 Å². The lowest BCUT2D eigenvalue weighted by Crippen LogP contribution is -1.99. The molecule has 9 heavy (non-hydrogen) atoms. The van der Waals surface area contributed by atoms with Gasteiger partial charge in [-0.05, 0) is 30.6 Å². The third-order valence-corrected chi connectivity index (χ3v) is 2.61. The average molecular weight is 124 g/mol. The van der Waals surface area contributed by atoms with Gasteiger partial charge in [-0.1, -0.05) is 26.5 Å². The zero-order valence-electron chi connectivity index (χ0n) is 5.30. The summed E-state index contributed by atoms with van der Waals surface area (Å²) in [5.41, 5.74) is 0. The normalized spacial score (nSPS) is 45.2. The van der Waals surface area contributed by atoms with Crippen molar-refractivity contribution in [1.29, 1.82) is 0 Å². The van der Waals surface area contributed by atoms with E-state index in [-0.39, 0.29) is 7.43 Å². The van der Waals surface area contributed by atoms with Crippen LogP contribution in [0.4, 0.5) is 0 Å². The van der Waals surface area contributed by atoms with Gasteiger partial charge in [0.15, 0.2) is 0 Å². The lowest BCUT2D eigenvalue weighted by atomic mass is 9.96. The first kappa shape index (κ1) is 6.85. The van der Waals surface area contributed by atoms with E-state index in [0.29, 0.717) is 0 Å². The van der Waals surface area contributed by atoms with Crippen molar-refractivity contribution in [2.45, 2.75) is 27.2 Å². The maximum Gasteiger partial charge on any atom is -0.0202 e. The van der Waals surface area contributed by atoms with Crippen molar-refractivity contribution in [3.63, 3.8) is 0 Å². The number of hydrogen-bond acceptors (Lipinski definition) is 0. The Labute approximate surface area is 58.0 Å². The van der Waals surface area contributed by atoms with Crippen LogP contribution in [0, 0.1) is 17.8 Å². The van der Waals surface area contributed by atoms with Crippen LogP contribution < -0.4 is 0 Å². The van der Waals surface area contributed by atoms with E-state index in [1.165, 1.54) is 12.8 Å². The lowest BCUT2D eigenvalue weighted by Gasteiger charge is -2.09. The zero-order chi connectivity index (χ0) is 5.56. The highest BCUT2D eigenvalue weighted by atomic mass is 14.4. The quantitative estimate of drug-likeness (QED) is 0.435. The van der Waals surface area contributed by atoms with E-state index in [4.69, 9.17) is 0 Å². The second-order valence-electron chi connectivity index (χ2n) is 3.26. The molecule has 1 fully saturated rings. The molecule has 0 spiro atoms. The minimum absolute atomic E-state index is 0. The highest BCUT2D eigenvalue weighted by molar-refractivity contribution is 5.08. The third-order valence-electron chi connectivity index (χ3n) is 2.61. The molecule has 0 heteroatoms. The van der Waals surface area contributed by atoms with Gasteiger partial charge in [0.05, 0.1) is 0 Å². The fraction of sp³-hybridized carbons (Fsp3) is 0.778. The SMILES string of the molecule is C.CC1CC2C=CC1C2. The second-order valence-corrected chi connectivity index (χ2v) is 3.26. The first-order valence-corrected chi connectivity index (χ1v) is 3.54. The molecule has 0 aromatic rings. The van der Waals surface area contributed by atoms with E-state index in [0.717, 1.165) is 17.8 Å². The van der Waals surface area contributed by atoms with Crippen LogP contribution in [0.25, 0.3) is 0 Å². The molecule has 2 aliphatic carbocycles. The summed E-state index contributed by atoms with van der Waals surface area (Å²) in [5.74, 6) is 2.92. The minimum Gasteiger partial charge on any atom is -0.0851 e. The molecule has 0 amide bonds. The Balaban J connectivity index is 0.000000405. The molecule has 1 saturated carbocycles. The van der Waals surface area contributed by atoms with Crippen molar-refractivity contribution in [3.8, 4) is 0 Å². The van der Waals surface area contributed by atoms with Crippen LogP contribution in [0.3, 0.4) is 0 Å². The Morgan fingerprint density at radius 3 is 2.22 bits per heavy atom. The Bertz CT molecular complexity index is 124. The molecule has 0 nitrogen and oxygen atoms in total. The maximum atomic E-state index is 2.40. The zero-order valence-corrected chi connectivity index (χ0v) is 5.30. The molecule has 0 saturated heterocycles. The van der Waals surface area contributed by atoms with Crippen molar-refractivity contribution in [2.75, 3.05) is 0 Å². The highest BCUT2D eigenvalue weighted by Gasteiger charge is 2.32. The molecule has 2 rings (SSSR count). The van der Waals surface area contributed by atoms with E-state index >= 15 is 0 Å². The van der Waals surface area contributed by atoms with Gasteiger partial charge in [-0.15, -0.1) is 0 Å². The summed E-state index contributed by atoms with van der Waals surface area (Å²) in [4.78, 5) is 0. The van der Waals surface area contributed by atoms with Gasteiger partial charge >= 0.3 is 0 Å². The molecule has 2 aliphatic rings. The molecule has 52 valence electrons. The summed E-state index contributed by atoms with van der Waals surface area (Å²) in [5, 5.41) is 0. The van der Waals surface area contributed by atoms with E-state index in [1.807, 2.05) is 0 Å². The van der Waals surface area contributed by atoms with Crippen molar-refractivity contribution >= 4 is 0 Å². The highest BCUT2D eigenvalue weighted by Crippen LogP contribution is 2.42. The monoisotopic (exact) mass is 124 g/mol. The van der Waals surface area contributed by atoms with E-state index in [2.05, 4.69) is 19.1 Å². The molecule has 3 unspecified atom stereocenters. The first-order chi connectivity index (χ1) is 3.86. The van der Waals surface area contributed by atoms with Gasteiger partial charge in [0.25, 0.3) is 0 Å². The van der Waals surface area contributed by atoms with Gasteiger partial charge in [0.1, 0.15) is 0 Å². The fourth-order valence-corrected chi connectivity index (χ4v) is 2.06. The summed E-state index contributed by atoms with van der Waals surface area (Å²) in [7, 11) is 0. The van der Waals surface area contributed by atoms with E-state index in [9.17, 15) is 0 Å². The molecule has 3 atom stereocenters. The van der Waals surface area contributed by atoms with Crippen LogP contribution in [0.1, 0.15) is 27.2 Å². The average Bonchev–Trinajstić information content (AvgIpc) is 2.23. The minimum atomic E-state index is 0. The number of rotatable bonds is 0. The molecule has 2 bridgehead atoms. The molecule has 0 heterocycles. The Morgan fingerprint density at radius 1 is 1.22 bits per heavy atom. The molecule has 0 radical (unpaired) electrons. The lowest BCUT2D eigenvalue weighted by molar-refractivity contribution is 0.493. The fourth-order valence-electron chi connectivity index (χ4n) is 2.06. The van der Waals surface area contributed by atoms with Gasteiger partial charge in [-0.25, -0.2) is 0 Å². The number of allylic oxidation sites excluding steroid dienone is 2. The largest absolute Gasteiger partial charge is 0.0851 e. The first-order valence-electron chi connectivity index (χ1n) is 3.54. The standard InChI is InChI=1S/C8H12.CH4/c1-6-4-7-2-3-8(6)5-7;/h2-3,6-8H,4-5H2,1H3;1H4. The van der Waals surface area contributed by atoms with Crippen LogP contribution in [0.2, 0.25) is 0 Å². The predicted molar refractivity (Wildman–Crippen MR) is 41.2 cm³/mol. The van der Waals surface area contributed by atoms with Crippen LogP contribution in [-0.2, 0) is 0 Å². The molecule has 0 aliphatic heterocycles. The summed E-state index contributed by atoms with van der Waals surface area (Å²) < 4.78 is 0. The third kappa shape index (κ3) is 0.910. The van der Waals surface area contributed by atoms with Gasteiger partial charge in [-0.2, -0.15) is 0 Å². The second kappa shape index (κ2) is 2.17. The van der Waals surface area contributed by atoms with Gasteiger partial charge in [-0.3, -0.25) is 0 Å². The smallest absolute Gasteiger partial charge is 0.0202 e. The molecular weight excluding hydrogens is 108 g/mol. The molecular formula is C9H16. The molecule has 0 aromatic heterocycles. The topological polar surface area (TPSA) is 0 Å². The Kier molecular flexibility index (Phi) is 1.65. The van der Waals surface area contributed by atoms with Crippen molar-refractivity contribution in [3.05, 3.63) is 12.2 Å². The van der Waals surface area contributed by atoms with E-state index < -0.39 is 0 Å². The van der Waals surface area contributed by atoms with Crippen LogP contribution in [0.5, 0.6) is 0 Å². The number of fused-ring (bicyclic) bond motifs is 2. The summed E-state index contributed by atoms with van der Waals surface area (Å²) in [6.07, 6.45) is 7.71. The van der Waals surface area contributed by atoms with Crippen LogP contribution >= 0.6 is 0 Å². The Hall–Kier alpha value is -0.260. The van der Waals surface area contributed by atoms with Crippen molar-refractivity contribution < 1.29 is 0 Å².